The normalized spacial score (nSPS) is 15.1. The van der Waals surface area contributed by atoms with E-state index in [-0.39, 0.29) is 35.3 Å². The van der Waals surface area contributed by atoms with Crippen LogP contribution in [0.15, 0.2) is 47.4 Å². The van der Waals surface area contributed by atoms with Gasteiger partial charge in [0.25, 0.3) is 0 Å². The van der Waals surface area contributed by atoms with Crippen molar-refractivity contribution >= 4 is 33.2 Å². The Kier molecular flexibility index (Phi) is 7.13. The van der Waals surface area contributed by atoms with Crippen LogP contribution in [0.5, 0.6) is 5.75 Å². The van der Waals surface area contributed by atoms with Crippen molar-refractivity contribution in [2.24, 2.45) is 0 Å². The molecule has 1 N–H and O–H groups in total. The first-order valence-electron chi connectivity index (χ1n) is 9.21. The van der Waals surface area contributed by atoms with Gasteiger partial charge in [0.2, 0.25) is 15.9 Å². The molecule has 0 radical (unpaired) electrons. The molecule has 1 amide bonds. The van der Waals surface area contributed by atoms with Gasteiger partial charge in [-0.2, -0.15) is 4.31 Å². The molecule has 0 unspecified atom stereocenters. The molecule has 3 rings (SSSR count). The van der Waals surface area contributed by atoms with Gasteiger partial charge in [0.1, 0.15) is 10.6 Å². The zero-order chi connectivity index (χ0) is 20.9. The quantitative estimate of drug-likeness (QED) is 0.718. The molecule has 2 aromatic rings. The Bertz CT molecular complexity index is 975. The molecule has 9 heteroatoms. The number of halogens is 1. The number of ether oxygens (including phenoxy) is 2. The maximum Gasteiger partial charge on any atom is 0.244 e. The first kappa shape index (κ1) is 21.6. The number of nitrogens with one attached hydrogen (secondary N) is 1. The minimum Gasteiger partial charge on any atom is -0.496 e. The first-order chi connectivity index (χ1) is 13.9. The Balaban J connectivity index is 1.70. The van der Waals surface area contributed by atoms with Crippen molar-refractivity contribution in [3.63, 3.8) is 0 Å². The van der Waals surface area contributed by atoms with Crippen LogP contribution in [0, 0.1) is 0 Å². The van der Waals surface area contributed by atoms with Gasteiger partial charge in [-0.3, -0.25) is 4.79 Å². The molecule has 29 heavy (non-hydrogen) atoms. The molecule has 1 saturated heterocycles. The lowest BCUT2D eigenvalue weighted by molar-refractivity contribution is -0.116. The number of hydrogen-bond donors (Lipinski definition) is 1. The van der Waals surface area contributed by atoms with Gasteiger partial charge >= 0.3 is 0 Å². The number of benzene rings is 2. The Morgan fingerprint density at radius 1 is 1.21 bits per heavy atom. The summed E-state index contributed by atoms with van der Waals surface area (Å²) >= 11 is 6.15. The van der Waals surface area contributed by atoms with E-state index in [1.165, 1.54) is 16.4 Å². The van der Waals surface area contributed by atoms with E-state index in [0.717, 1.165) is 11.3 Å². The van der Waals surface area contributed by atoms with Gasteiger partial charge < -0.3 is 14.8 Å². The van der Waals surface area contributed by atoms with E-state index >= 15 is 0 Å². The van der Waals surface area contributed by atoms with E-state index in [0.29, 0.717) is 25.3 Å². The lowest BCUT2D eigenvalue weighted by Crippen LogP contribution is -2.40. The summed E-state index contributed by atoms with van der Waals surface area (Å²) in [4.78, 5) is 12.3. The highest BCUT2D eigenvalue weighted by Gasteiger charge is 2.28. The summed E-state index contributed by atoms with van der Waals surface area (Å²) in [6.45, 7) is 1.23. The molecular weight excluding hydrogens is 416 g/mol. The lowest BCUT2D eigenvalue weighted by Gasteiger charge is -2.26. The summed E-state index contributed by atoms with van der Waals surface area (Å²) in [6.07, 6.45) is 0.733. The molecule has 0 bridgehead atoms. The van der Waals surface area contributed by atoms with Crippen LogP contribution < -0.4 is 10.1 Å². The predicted octanol–water partition coefficient (Wildman–Crippen LogP) is 2.94. The second-order valence-corrected chi connectivity index (χ2v) is 8.84. The van der Waals surface area contributed by atoms with Crippen molar-refractivity contribution in [1.29, 1.82) is 0 Å². The predicted molar refractivity (Wildman–Crippen MR) is 111 cm³/mol. The zero-order valence-electron chi connectivity index (χ0n) is 16.1. The van der Waals surface area contributed by atoms with E-state index in [1.807, 2.05) is 24.3 Å². The Morgan fingerprint density at radius 3 is 2.66 bits per heavy atom. The molecule has 1 heterocycles. The van der Waals surface area contributed by atoms with Crippen LogP contribution in [0.2, 0.25) is 5.02 Å². The number of aryl methyl sites for hydroxylation is 1. The van der Waals surface area contributed by atoms with Crippen molar-refractivity contribution in [1.82, 2.24) is 4.31 Å². The Hall–Kier alpha value is -2.13. The molecule has 2 aromatic carbocycles. The third-order valence-corrected chi connectivity index (χ3v) is 7.00. The third-order valence-electron chi connectivity index (χ3n) is 4.62. The molecule has 1 aliphatic rings. The van der Waals surface area contributed by atoms with Crippen LogP contribution in [-0.4, -0.2) is 52.0 Å². The summed E-state index contributed by atoms with van der Waals surface area (Å²) in [5.74, 6) is 0.499. The van der Waals surface area contributed by atoms with Crippen LogP contribution in [0.25, 0.3) is 0 Å². The van der Waals surface area contributed by atoms with Crippen LogP contribution in [0.4, 0.5) is 5.69 Å². The molecule has 156 valence electrons. The van der Waals surface area contributed by atoms with Crippen LogP contribution in [0.1, 0.15) is 12.0 Å². The summed E-state index contributed by atoms with van der Waals surface area (Å²) in [6, 6.07) is 12.0. The summed E-state index contributed by atoms with van der Waals surface area (Å²) in [7, 11) is -2.18. The largest absolute Gasteiger partial charge is 0.496 e. The van der Waals surface area contributed by atoms with E-state index in [9.17, 15) is 13.2 Å². The molecule has 1 aliphatic heterocycles. The first-order valence-corrected chi connectivity index (χ1v) is 11.0. The van der Waals surface area contributed by atoms with E-state index in [4.69, 9.17) is 21.1 Å². The van der Waals surface area contributed by atoms with Gasteiger partial charge in [-0.25, -0.2) is 8.42 Å². The highest BCUT2D eigenvalue weighted by Crippen LogP contribution is 2.28. The molecule has 0 aromatic heterocycles. The molecular formula is C20H23ClN2O5S. The van der Waals surface area contributed by atoms with Gasteiger partial charge in [0, 0.05) is 25.2 Å². The number of morpholine rings is 1. The Morgan fingerprint density at radius 2 is 1.93 bits per heavy atom. The van der Waals surface area contributed by atoms with Crippen molar-refractivity contribution in [3.8, 4) is 5.75 Å². The maximum absolute atomic E-state index is 12.9. The molecule has 0 spiro atoms. The van der Waals surface area contributed by atoms with Crippen LogP contribution in [0.3, 0.4) is 0 Å². The third kappa shape index (κ3) is 5.27. The average molecular weight is 439 g/mol. The molecule has 1 fully saturated rings. The summed E-state index contributed by atoms with van der Waals surface area (Å²) < 4.78 is 37.6. The topological polar surface area (TPSA) is 84.9 Å². The van der Waals surface area contributed by atoms with Crippen LogP contribution in [-0.2, 0) is 26.0 Å². The summed E-state index contributed by atoms with van der Waals surface area (Å²) in [5.41, 5.74) is 1.31. The Labute approximate surface area is 175 Å². The van der Waals surface area contributed by atoms with Crippen molar-refractivity contribution in [2.45, 2.75) is 17.7 Å². The second-order valence-electron chi connectivity index (χ2n) is 6.52. The number of nitrogens with zero attached hydrogens (tertiary/aromatic N) is 1. The number of sulfonamides is 1. The van der Waals surface area contributed by atoms with Gasteiger partial charge in [0.15, 0.2) is 0 Å². The van der Waals surface area contributed by atoms with Gasteiger partial charge in [-0.05, 0) is 36.2 Å². The highest BCUT2D eigenvalue weighted by molar-refractivity contribution is 7.89. The van der Waals surface area contributed by atoms with Crippen molar-refractivity contribution in [3.05, 3.63) is 53.1 Å². The van der Waals surface area contributed by atoms with Crippen molar-refractivity contribution < 1.29 is 22.7 Å². The molecule has 0 saturated carbocycles. The number of para-hydroxylation sites is 1. The van der Waals surface area contributed by atoms with Crippen LogP contribution >= 0.6 is 11.6 Å². The van der Waals surface area contributed by atoms with Crippen molar-refractivity contribution in [2.75, 3.05) is 38.7 Å². The number of amides is 1. The summed E-state index contributed by atoms with van der Waals surface area (Å²) in [5, 5.41) is 2.86. The van der Waals surface area contributed by atoms with Gasteiger partial charge in [-0.15, -0.1) is 0 Å². The number of carbonyl (C=O) groups is 1. The fourth-order valence-corrected chi connectivity index (χ4v) is 4.99. The lowest BCUT2D eigenvalue weighted by atomic mass is 10.1. The smallest absolute Gasteiger partial charge is 0.244 e. The standard InChI is InChI=1S/C20H23ClN2O5S/c1-27-18-5-3-2-4-15(18)6-9-20(24)22-16-7-8-17(21)19(14-16)29(25,26)23-10-12-28-13-11-23/h2-5,7-8,14H,6,9-13H2,1H3,(H,22,24). The van der Waals surface area contributed by atoms with Gasteiger partial charge in [0.05, 0.1) is 25.3 Å². The second kappa shape index (κ2) is 9.58. The maximum atomic E-state index is 12.9. The highest BCUT2D eigenvalue weighted by atomic mass is 35.5. The van der Waals surface area contributed by atoms with E-state index < -0.39 is 10.0 Å². The number of methoxy groups -OCH3 is 1. The fraction of sp³-hybridized carbons (Fsp3) is 0.350. The zero-order valence-corrected chi connectivity index (χ0v) is 17.6. The molecule has 0 atom stereocenters. The SMILES string of the molecule is COc1ccccc1CCC(=O)Nc1ccc(Cl)c(S(=O)(=O)N2CCOCC2)c1. The average Bonchev–Trinajstić information content (AvgIpc) is 2.74. The van der Waals surface area contributed by atoms with E-state index in [2.05, 4.69) is 5.32 Å². The molecule has 7 nitrogen and oxygen atoms in total. The minimum absolute atomic E-state index is 0.0244. The van der Waals surface area contributed by atoms with E-state index in [1.54, 1.807) is 13.2 Å². The monoisotopic (exact) mass is 438 g/mol. The number of anilines is 1. The molecule has 0 aliphatic carbocycles. The van der Waals surface area contributed by atoms with Gasteiger partial charge in [-0.1, -0.05) is 29.8 Å². The fourth-order valence-electron chi connectivity index (χ4n) is 3.09. The number of rotatable bonds is 7. The number of carbonyl (C=O) groups excluding carboxylic acids is 1. The minimum atomic E-state index is -3.76. The number of hydrogen-bond acceptors (Lipinski definition) is 5.